The van der Waals surface area contributed by atoms with E-state index >= 15 is 0 Å². The summed E-state index contributed by atoms with van der Waals surface area (Å²) < 4.78 is 0. The number of pyridine rings is 1. The highest BCUT2D eigenvalue weighted by Crippen LogP contribution is 2.25. The molecule has 2 rings (SSSR count). The molecule has 0 aliphatic heterocycles. The highest BCUT2D eigenvalue weighted by molar-refractivity contribution is 5.35. The lowest BCUT2D eigenvalue weighted by atomic mass is 9.90. The fraction of sp³-hybridized carbons (Fsp3) is 0.200. The van der Waals surface area contributed by atoms with Gasteiger partial charge in [-0.25, -0.2) is 0 Å². The Balaban J connectivity index is 2.28. The molecule has 1 atom stereocenters. The Morgan fingerprint density at radius 2 is 2.11 bits per heavy atom. The van der Waals surface area contributed by atoms with Gasteiger partial charge < -0.3 is 5.11 Å². The molecule has 0 fully saturated rings. The van der Waals surface area contributed by atoms with Crippen molar-refractivity contribution < 1.29 is 5.11 Å². The molecule has 0 aliphatic rings. The number of hydrogen-bond acceptors (Lipinski definition) is 3. The van der Waals surface area contributed by atoms with Gasteiger partial charge >= 0.3 is 0 Å². The van der Waals surface area contributed by atoms with Gasteiger partial charge in [0.1, 0.15) is 0 Å². The Kier molecular flexibility index (Phi) is 3.40. The van der Waals surface area contributed by atoms with Gasteiger partial charge in [-0.15, -0.1) is 0 Å². The van der Waals surface area contributed by atoms with Gasteiger partial charge in [-0.3, -0.25) is 4.98 Å². The number of hydrogen-bond donors (Lipinski definition) is 1. The van der Waals surface area contributed by atoms with E-state index < -0.39 is 5.60 Å². The first-order valence-electron chi connectivity index (χ1n) is 5.75. The van der Waals surface area contributed by atoms with E-state index in [1.807, 2.05) is 24.3 Å². The van der Waals surface area contributed by atoms with Crippen LogP contribution in [0.15, 0.2) is 48.7 Å². The second kappa shape index (κ2) is 4.99. The number of rotatable bonds is 3. The van der Waals surface area contributed by atoms with Crippen LogP contribution in [0.2, 0.25) is 0 Å². The minimum atomic E-state index is -1.03. The van der Waals surface area contributed by atoms with Crippen LogP contribution < -0.4 is 0 Å². The van der Waals surface area contributed by atoms with Crippen LogP contribution in [-0.2, 0) is 12.0 Å². The topological polar surface area (TPSA) is 56.9 Å². The van der Waals surface area contributed by atoms with Gasteiger partial charge in [0, 0.05) is 18.3 Å². The van der Waals surface area contributed by atoms with Crippen molar-refractivity contribution in [3.8, 4) is 6.07 Å². The molecule has 3 nitrogen and oxygen atoms in total. The maximum atomic E-state index is 10.5. The molecule has 0 aliphatic carbocycles. The van der Waals surface area contributed by atoms with Crippen molar-refractivity contribution in [2.45, 2.75) is 18.9 Å². The van der Waals surface area contributed by atoms with E-state index in [1.54, 1.807) is 31.3 Å². The summed E-state index contributed by atoms with van der Waals surface area (Å²) in [5.74, 6) is 0. The predicted molar refractivity (Wildman–Crippen MR) is 68.7 cm³/mol. The van der Waals surface area contributed by atoms with Crippen molar-refractivity contribution in [3.63, 3.8) is 0 Å². The molecule has 1 unspecified atom stereocenters. The number of benzene rings is 1. The third-order valence-electron chi connectivity index (χ3n) is 2.87. The zero-order valence-electron chi connectivity index (χ0n) is 10.2. The molecule has 0 saturated carbocycles. The second-order valence-electron chi connectivity index (χ2n) is 4.46. The van der Waals surface area contributed by atoms with E-state index in [0.29, 0.717) is 12.0 Å². The van der Waals surface area contributed by atoms with E-state index in [0.717, 1.165) is 11.3 Å². The number of nitriles is 1. The maximum Gasteiger partial charge on any atom is 0.0991 e. The first-order valence-corrected chi connectivity index (χ1v) is 5.75. The molecule has 18 heavy (non-hydrogen) atoms. The maximum absolute atomic E-state index is 10.5. The molecule has 3 heteroatoms. The SMILES string of the molecule is CC(O)(Cc1ccccn1)c1cccc(C#N)c1. The third kappa shape index (κ3) is 2.73. The van der Waals surface area contributed by atoms with Gasteiger partial charge in [-0.1, -0.05) is 18.2 Å². The summed E-state index contributed by atoms with van der Waals surface area (Å²) in [4.78, 5) is 4.21. The average Bonchev–Trinajstić information content (AvgIpc) is 2.39. The van der Waals surface area contributed by atoms with Crippen LogP contribution in [0, 0.1) is 11.3 Å². The lowest BCUT2D eigenvalue weighted by molar-refractivity contribution is 0.0566. The van der Waals surface area contributed by atoms with E-state index in [9.17, 15) is 5.11 Å². The van der Waals surface area contributed by atoms with Crippen molar-refractivity contribution in [2.75, 3.05) is 0 Å². The summed E-state index contributed by atoms with van der Waals surface area (Å²) in [5.41, 5.74) is 1.08. The van der Waals surface area contributed by atoms with Crippen LogP contribution >= 0.6 is 0 Å². The Labute approximate surface area is 106 Å². The molecule has 0 radical (unpaired) electrons. The highest BCUT2D eigenvalue weighted by Gasteiger charge is 2.24. The van der Waals surface area contributed by atoms with Crippen LogP contribution in [0.5, 0.6) is 0 Å². The molecule has 2 aromatic rings. The smallest absolute Gasteiger partial charge is 0.0991 e. The lowest BCUT2D eigenvalue weighted by Crippen LogP contribution is -2.24. The van der Waals surface area contributed by atoms with Crippen LogP contribution in [0.4, 0.5) is 0 Å². The standard InChI is InChI=1S/C15H14N2O/c1-15(18,10-14-7-2-3-8-17-14)13-6-4-5-12(9-13)11-16/h2-9,18H,10H2,1H3. The third-order valence-corrected chi connectivity index (χ3v) is 2.87. The Bertz CT molecular complexity index is 571. The normalized spacial score (nSPS) is 13.6. The van der Waals surface area contributed by atoms with Crippen molar-refractivity contribution in [1.29, 1.82) is 5.26 Å². The zero-order chi connectivity index (χ0) is 13.0. The van der Waals surface area contributed by atoms with Crippen LogP contribution in [-0.4, -0.2) is 10.1 Å². The number of aromatic nitrogens is 1. The second-order valence-corrected chi connectivity index (χ2v) is 4.46. The average molecular weight is 238 g/mol. The van der Waals surface area contributed by atoms with Gasteiger partial charge in [0.05, 0.1) is 17.2 Å². The molecule has 1 heterocycles. The molecule has 1 aromatic carbocycles. The molecule has 0 saturated heterocycles. The van der Waals surface area contributed by atoms with Gasteiger partial charge in [0.2, 0.25) is 0 Å². The van der Waals surface area contributed by atoms with Crippen molar-refractivity contribution in [2.24, 2.45) is 0 Å². The predicted octanol–water partition coefficient (Wildman–Crippen LogP) is 2.40. The minimum absolute atomic E-state index is 0.419. The van der Waals surface area contributed by atoms with Gasteiger partial charge in [-0.2, -0.15) is 5.26 Å². The fourth-order valence-corrected chi connectivity index (χ4v) is 1.88. The van der Waals surface area contributed by atoms with Crippen LogP contribution in [0.3, 0.4) is 0 Å². The number of aliphatic hydroxyl groups is 1. The molecular formula is C15H14N2O. The molecule has 0 amide bonds. The Morgan fingerprint density at radius 3 is 2.78 bits per heavy atom. The molecule has 0 bridgehead atoms. The van der Waals surface area contributed by atoms with Crippen LogP contribution in [0.1, 0.15) is 23.7 Å². The van der Waals surface area contributed by atoms with Crippen molar-refractivity contribution >= 4 is 0 Å². The fourth-order valence-electron chi connectivity index (χ4n) is 1.88. The quantitative estimate of drug-likeness (QED) is 0.893. The van der Waals surface area contributed by atoms with E-state index in [2.05, 4.69) is 11.1 Å². The summed E-state index contributed by atoms with van der Waals surface area (Å²) in [6, 6.07) is 14.7. The van der Waals surface area contributed by atoms with E-state index in [1.165, 1.54) is 0 Å². The first kappa shape index (κ1) is 12.3. The summed E-state index contributed by atoms with van der Waals surface area (Å²) >= 11 is 0. The van der Waals surface area contributed by atoms with Gasteiger partial charge in [0.15, 0.2) is 0 Å². The van der Waals surface area contributed by atoms with Gasteiger partial charge in [0.25, 0.3) is 0 Å². The molecule has 0 spiro atoms. The summed E-state index contributed by atoms with van der Waals surface area (Å²) in [7, 11) is 0. The summed E-state index contributed by atoms with van der Waals surface area (Å²) in [5, 5.41) is 19.4. The van der Waals surface area contributed by atoms with E-state index in [-0.39, 0.29) is 0 Å². The van der Waals surface area contributed by atoms with Gasteiger partial charge in [-0.05, 0) is 36.8 Å². The first-order chi connectivity index (χ1) is 8.62. The molecule has 1 N–H and O–H groups in total. The Hall–Kier alpha value is -2.18. The lowest BCUT2D eigenvalue weighted by Gasteiger charge is -2.23. The summed E-state index contributed by atoms with van der Waals surface area (Å²) in [6.45, 7) is 1.73. The minimum Gasteiger partial charge on any atom is -0.385 e. The number of nitrogens with zero attached hydrogens (tertiary/aromatic N) is 2. The Morgan fingerprint density at radius 1 is 1.28 bits per heavy atom. The molecule has 1 aromatic heterocycles. The summed E-state index contributed by atoms with van der Waals surface area (Å²) in [6.07, 6.45) is 2.12. The van der Waals surface area contributed by atoms with Crippen LogP contribution in [0.25, 0.3) is 0 Å². The van der Waals surface area contributed by atoms with E-state index in [4.69, 9.17) is 5.26 Å². The van der Waals surface area contributed by atoms with Crippen molar-refractivity contribution in [3.05, 3.63) is 65.5 Å². The largest absolute Gasteiger partial charge is 0.385 e. The molecule has 90 valence electrons. The zero-order valence-corrected chi connectivity index (χ0v) is 10.2. The highest BCUT2D eigenvalue weighted by atomic mass is 16.3. The molecular weight excluding hydrogens is 224 g/mol. The monoisotopic (exact) mass is 238 g/mol. The van der Waals surface area contributed by atoms with Crippen molar-refractivity contribution in [1.82, 2.24) is 4.98 Å².